The maximum atomic E-state index is 12.3. The Bertz CT molecular complexity index is 1060. The molecule has 0 spiro atoms. The number of esters is 1. The molecule has 1 N–H and O–H groups in total. The Labute approximate surface area is 165 Å². The highest BCUT2D eigenvalue weighted by Gasteiger charge is 2.19. The van der Waals surface area contributed by atoms with Gasteiger partial charge >= 0.3 is 11.7 Å². The van der Waals surface area contributed by atoms with Gasteiger partial charge in [0.1, 0.15) is 11.5 Å². The van der Waals surface area contributed by atoms with Crippen molar-refractivity contribution in [2.24, 2.45) is 4.99 Å². The number of hydrogen-bond donors (Lipinski definition) is 1. The lowest BCUT2D eigenvalue weighted by molar-refractivity contribution is -0.385. The molecule has 8 nitrogen and oxygen atoms in total. The molecule has 0 bridgehead atoms. The Hall–Kier alpha value is -4.20. The number of rotatable bonds is 6. The van der Waals surface area contributed by atoms with Crippen LogP contribution in [-0.4, -0.2) is 29.3 Å². The third-order valence-corrected chi connectivity index (χ3v) is 3.92. The molecule has 3 aromatic carbocycles. The highest BCUT2D eigenvalue weighted by atomic mass is 16.6. The van der Waals surface area contributed by atoms with Crippen LogP contribution >= 0.6 is 0 Å². The van der Waals surface area contributed by atoms with E-state index in [9.17, 15) is 20.0 Å². The van der Waals surface area contributed by atoms with Crippen LogP contribution in [0.25, 0.3) is 0 Å². The second-order valence-corrected chi connectivity index (χ2v) is 5.88. The summed E-state index contributed by atoms with van der Waals surface area (Å²) in [7, 11) is 1.50. The summed E-state index contributed by atoms with van der Waals surface area (Å²) in [5.74, 6) is -0.203. The van der Waals surface area contributed by atoms with Crippen LogP contribution in [0.5, 0.6) is 17.2 Å². The minimum absolute atomic E-state index is 0.114. The number of nitrogens with zero attached hydrogens (tertiary/aromatic N) is 2. The van der Waals surface area contributed by atoms with E-state index in [-0.39, 0.29) is 22.7 Å². The maximum absolute atomic E-state index is 12.3. The fourth-order valence-electron chi connectivity index (χ4n) is 2.42. The maximum Gasteiger partial charge on any atom is 0.343 e. The van der Waals surface area contributed by atoms with Crippen molar-refractivity contribution in [2.75, 3.05) is 7.11 Å². The third-order valence-electron chi connectivity index (χ3n) is 3.92. The van der Waals surface area contributed by atoms with Crippen LogP contribution in [0.4, 0.5) is 11.4 Å². The first-order valence-electron chi connectivity index (χ1n) is 8.44. The molecule has 0 aliphatic carbocycles. The number of nitro benzene ring substituents is 1. The van der Waals surface area contributed by atoms with Gasteiger partial charge in [0.2, 0.25) is 5.75 Å². The zero-order valence-electron chi connectivity index (χ0n) is 15.3. The molecule has 3 rings (SSSR count). The monoisotopic (exact) mass is 392 g/mol. The number of nitro groups is 1. The SMILES string of the molecule is COc1ccc(C(=O)Oc2ccc(C=Nc3ccc(O)cc3)cc2[N+](=O)[O-])cc1. The zero-order chi connectivity index (χ0) is 20.8. The van der Waals surface area contributed by atoms with Gasteiger partial charge in [-0.3, -0.25) is 15.1 Å². The lowest BCUT2D eigenvalue weighted by Crippen LogP contribution is -2.10. The summed E-state index contributed by atoms with van der Waals surface area (Å²) >= 11 is 0. The lowest BCUT2D eigenvalue weighted by atomic mass is 10.2. The molecule has 0 heterocycles. The second kappa shape index (κ2) is 8.66. The van der Waals surface area contributed by atoms with Crippen LogP contribution in [-0.2, 0) is 0 Å². The van der Waals surface area contributed by atoms with E-state index in [0.29, 0.717) is 17.0 Å². The number of carbonyl (C=O) groups is 1. The third kappa shape index (κ3) is 4.95. The molecule has 0 aliphatic heterocycles. The molecule has 0 aromatic heterocycles. The van der Waals surface area contributed by atoms with Gasteiger partial charge in [-0.05, 0) is 66.2 Å². The number of aromatic hydroxyl groups is 1. The topological polar surface area (TPSA) is 111 Å². The normalized spacial score (nSPS) is 10.7. The first kappa shape index (κ1) is 19.6. The molecule has 0 atom stereocenters. The highest BCUT2D eigenvalue weighted by molar-refractivity contribution is 5.92. The van der Waals surface area contributed by atoms with Gasteiger partial charge in [0.25, 0.3) is 0 Å². The van der Waals surface area contributed by atoms with Crippen molar-refractivity contribution in [3.8, 4) is 17.2 Å². The molecule has 0 fully saturated rings. The molecule has 0 saturated carbocycles. The summed E-state index contributed by atoms with van der Waals surface area (Å²) < 4.78 is 10.2. The summed E-state index contributed by atoms with van der Waals surface area (Å²) in [5.41, 5.74) is 0.897. The van der Waals surface area contributed by atoms with Gasteiger partial charge in [-0.1, -0.05) is 0 Å². The van der Waals surface area contributed by atoms with E-state index >= 15 is 0 Å². The smallest absolute Gasteiger partial charge is 0.343 e. The van der Waals surface area contributed by atoms with Crippen LogP contribution in [0.2, 0.25) is 0 Å². The molecule has 8 heteroatoms. The molecular formula is C21H16N2O6. The van der Waals surface area contributed by atoms with Gasteiger partial charge in [-0.2, -0.15) is 0 Å². The fraction of sp³-hybridized carbons (Fsp3) is 0.0476. The summed E-state index contributed by atoms with van der Waals surface area (Å²) in [6, 6.07) is 16.5. The quantitative estimate of drug-likeness (QED) is 0.220. The average molecular weight is 392 g/mol. The largest absolute Gasteiger partial charge is 0.508 e. The van der Waals surface area contributed by atoms with E-state index in [1.54, 1.807) is 30.3 Å². The predicted molar refractivity (Wildman–Crippen MR) is 106 cm³/mol. The average Bonchev–Trinajstić information content (AvgIpc) is 2.74. The first-order valence-corrected chi connectivity index (χ1v) is 8.44. The molecule has 146 valence electrons. The molecule has 0 saturated heterocycles. The van der Waals surface area contributed by atoms with E-state index in [1.165, 1.54) is 49.7 Å². The van der Waals surface area contributed by atoms with Crippen LogP contribution in [0.3, 0.4) is 0 Å². The number of ether oxygens (including phenoxy) is 2. The number of hydrogen-bond acceptors (Lipinski definition) is 7. The molecule has 0 aliphatic rings. The Morgan fingerprint density at radius 2 is 1.76 bits per heavy atom. The van der Waals surface area contributed by atoms with E-state index in [0.717, 1.165) is 0 Å². The van der Waals surface area contributed by atoms with Crippen LogP contribution in [0, 0.1) is 10.1 Å². The van der Waals surface area contributed by atoms with Crippen molar-refractivity contribution < 1.29 is 24.3 Å². The van der Waals surface area contributed by atoms with Crippen molar-refractivity contribution in [1.82, 2.24) is 0 Å². The lowest BCUT2D eigenvalue weighted by Gasteiger charge is -2.06. The Morgan fingerprint density at radius 3 is 2.38 bits per heavy atom. The minimum Gasteiger partial charge on any atom is -0.508 e. The van der Waals surface area contributed by atoms with Gasteiger partial charge in [0.15, 0.2) is 0 Å². The number of methoxy groups -OCH3 is 1. The summed E-state index contributed by atoms with van der Waals surface area (Å²) in [4.78, 5) is 27.3. The van der Waals surface area contributed by atoms with Crippen molar-refractivity contribution >= 4 is 23.6 Å². The minimum atomic E-state index is -0.721. The van der Waals surface area contributed by atoms with Crippen molar-refractivity contribution in [3.63, 3.8) is 0 Å². The summed E-state index contributed by atoms with van der Waals surface area (Å²) in [6.07, 6.45) is 1.44. The first-order chi connectivity index (χ1) is 14.0. The Balaban J connectivity index is 1.81. The number of phenols is 1. The zero-order valence-corrected chi connectivity index (χ0v) is 15.3. The van der Waals surface area contributed by atoms with Crippen molar-refractivity contribution in [1.29, 1.82) is 0 Å². The van der Waals surface area contributed by atoms with Gasteiger partial charge in [0, 0.05) is 12.3 Å². The molecule has 0 radical (unpaired) electrons. The number of carbonyl (C=O) groups excluding carboxylic acids is 1. The van der Waals surface area contributed by atoms with E-state index in [4.69, 9.17) is 9.47 Å². The number of phenolic OH excluding ortho intramolecular Hbond substituents is 1. The van der Waals surface area contributed by atoms with Gasteiger partial charge in [0.05, 0.1) is 23.3 Å². The highest BCUT2D eigenvalue weighted by Crippen LogP contribution is 2.29. The van der Waals surface area contributed by atoms with Crippen molar-refractivity contribution in [3.05, 3.63) is 88.0 Å². The number of aliphatic imine (C=N–C) groups is 1. The molecule has 0 unspecified atom stereocenters. The standard InChI is InChI=1S/C21H16N2O6/c1-28-18-9-3-15(4-10-18)21(25)29-20-11-2-14(12-19(20)23(26)27)13-22-16-5-7-17(24)8-6-16/h2-13,24H,1H3. The summed E-state index contributed by atoms with van der Waals surface area (Å²) in [6.45, 7) is 0. The van der Waals surface area contributed by atoms with E-state index in [2.05, 4.69) is 4.99 Å². The molecule has 29 heavy (non-hydrogen) atoms. The molecule has 3 aromatic rings. The van der Waals surface area contributed by atoms with Crippen molar-refractivity contribution in [2.45, 2.75) is 0 Å². The molecule has 0 amide bonds. The second-order valence-electron chi connectivity index (χ2n) is 5.88. The van der Waals surface area contributed by atoms with Crippen LogP contribution in [0.1, 0.15) is 15.9 Å². The Morgan fingerprint density at radius 1 is 1.07 bits per heavy atom. The van der Waals surface area contributed by atoms with E-state index < -0.39 is 10.9 Å². The Kier molecular flexibility index (Phi) is 5.84. The van der Waals surface area contributed by atoms with Crippen LogP contribution in [0.15, 0.2) is 71.7 Å². The predicted octanol–water partition coefficient (Wildman–Crippen LogP) is 4.28. The van der Waals surface area contributed by atoms with E-state index in [1.807, 2.05) is 0 Å². The van der Waals surface area contributed by atoms with Gasteiger partial charge in [-0.15, -0.1) is 0 Å². The van der Waals surface area contributed by atoms with Gasteiger partial charge < -0.3 is 14.6 Å². The summed E-state index contributed by atoms with van der Waals surface area (Å²) in [5, 5.41) is 20.7. The fourth-order valence-corrected chi connectivity index (χ4v) is 2.42. The number of benzene rings is 3. The van der Waals surface area contributed by atoms with Gasteiger partial charge in [-0.25, -0.2) is 4.79 Å². The van der Waals surface area contributed by atoms with Crippen LogP contribution < -0.4 is 9.47 Å². The molecular weight excluding hydrogens is 376 g/mol.